The number of fused-ring (bicyclic) bond motifs is 1. The minimum atomic E-state index is 0.736. The van der Waals surface area contributed by atoms with Crippen molar-refractivity contribution in [2.45, 2.75) is 19.5 Å². The summed E-state index contributed by atoms with van der Waals surface area (Å²) in [5.74, 6) is 0.919. The molecule has 2 saturated heterocycles. The molecule has 0 saturated carbocycles. The Morgan fingerprint density at radius 3 is 3.22 bits per heavy atom. The molecule has 0 aromatic heterocycles. The molecule has 1 N–H and O–H groups in total. The van der Waals surface area contributed by atoms with Crippen LogP contribution in [-0.4, -0.2) is 30.7 Å². The van der Waals surface area contributed by atoms with Crippen molar-refractivity contribution < 1.29 is 0 Å². The fourth-order valence-corrected chi connectivity index (χ4v) is 1.97. The lowest BCUT2D eigenvalue weighted by Crippen LogP contribution is -2.28. The standard InChI is InChI=1S/C7H14N2/c1-6-4-7-8-2-3-9(7)5-6/h6-8H,2-5H2,1H3. The molecule has 0 radical (unpaired) electrons. The first-order chi connectivity index (χ1) is 4.36. The summed E-state index contributed by atoms with van der Waals surface area (Å²) in [6, 6.07) is 0. The molecule has 0 spiro atoms. The SMILES string of the molecule is CC1CC2NCCN2C1. The average molecular weight is 126 g/mol. The highest BCUT2D eigenvalue weighted by Crippen LogP contribution is 2.22. The lowest BCUT2D eigenvalue weighted by atomic mass is 10.1. The van der Waals surface area contributed by atoms with Gasteiger partial charge in [0, 0.05) is 19.6 Å². The minimum absolute atomic E-state index is 0.736. The van der Waals surface area contributed by atoms with Gasteiger partial charge in [0.2, 0.25) is 0 Å². The van der Waals surface area contributed by atoms with Crippen LogP contribution in [0.3, 0.4) is 0 Å². The van der Waals surface area contributed by atoms with Crippen LogP contribution in [0, 0.1) is 5.92 Å². The van der Waals surface area contributed by atoms with Gasteiger partial charge in [-0.15, -0.1) is 0 Å². The van der Waals surface area contributed by atoms with E-state index in [0.29, 0.717) is 0 Å². The van der Waals surface area contributed by atoms with E-state index in [1.54, 1.807) is 0 Å². The number of hydrogen-bond donors (Lipinski definition) is 1. The second-order valence-corrected chi connectivity index (χ2v) is 3.31. The molecule has 0 aromatic carbocycles. The quantitative estimate of drug-likeness (QED) is 0.501. The summed E-state index contributed by atoms with van der Waals surface area (Å²) in [6.45, 7) is 6.13. The molecule has 9 heavy (non-hydrogen) atoms. The van der Waals surface area contributed by atoms with Gasteiger partial charge in [0.15, 0.2) is 0 Å². The topological polar surface area (TPSA) is 15.3 Å². The summed E-state index contributed by atoms with van der Waals surface area (Å²) in [6.07, 6.45) is 2.10. The van der Waals surface area contributed by atoms with Gasteiger partial charge in [0.1, 0.15) is 0 Å². The smallest absolute Gasteiger partial charge is 0.0601 e. The van der Waals surface area contributed by atoms with Crippen molar-refractivity contribution >= 4 is 0 Å². The van der Waals surface area contributed by atoms with Crippen molar-refractivity contribution in [3.63, 3.8) is 0 Å². The van der Waals surface area contributed by atoms with Crippen LogP contribution in [0.1, 0.15) is 13.3 Å². The van der Waals surface area contributed by atoms with E-state index in [1.165, 1.54) is 26.1 Å². The van der Waals surface area contributed by atoms with Crippen LogP contribution in [-0.2, 0) is 0 Å². The van der Waals surface area contributed by atoms with Crippen LogP contribution in [0.15, 0.2) is 0 Å². The molecule has 2 unspecified atom stereocenters. The van der Waals surface area contributed by atoms with Crippen molar-refractivity contribution in [3.8, 4) is 0 Å². The molecule has 2 rings (SSSR count). The Balaban J connectivity index is 2.02. The van der Waals surface area contributed by atoms with Gasteiger partial charge in [0.05, 0.1) is 6.17 Å². The van der Waals surface area contributed by atoms with E-state index >= 15 is 0 Å². The molecule has 2 fully saturated rings. The largest absolute Gasteiger partial charge is 0.300 e. The van der Waals surface area contributed by atoms with E-state index in [1.807, 2.05) is 0 Å². The first kappa shape index (κ1) is 5.69. The summed E-state index contributed by atoms with van der Waals surface area (Å²) in [7, 11) is 0. The highest BCUT2D eigenvalue weighted by molar-refractivity contribution is 4.86. The molecule has 0 aliphatic carbocycles. The zero-order valence-corrected chi connectivity index (χ0v) is 5.93. The molecule has 2 atom stereocenters. The zero-order valence-electron chi connectivity index (χ0n) is 5.93. The van der Waals surface area contributed by atoms with Gasteiger partial charge in [-0.3, -0.25) is 4.90 Å². The molecule has 2 aliphatic rings. The van der Waals surface area contributed by atoms with E-state index in [9.17, 15) is 0 Å². The van der Waals surface area contributed by atoms with E-state index in [2.05, 4.69) is 17.1 Å². The molecule has 2 heterocycles. The Labute approximate surface area is 56.2 Å². The first-order valence-electron chi connectivity index (χ1n) is 3.83. The molecule has 0 amide bonds. The van der Waals surface area contributed by atoms with Gasteiger partial charge in [0.25, 0.3) is 0 Å². The third-order valence-electron chi connectivity index (χ3n) is 2.39. The normalized spacial score (nSPS) is 43.7. The Morgan fingerprint density at radius 2 is 2.44 bits per heavy atom. The van der Waals surface area contributed by atoms with E-state index in [-0.39, 0.29) is 0 Å². The fourth-order valence-electron chi connectivity index (χ4n) is 1.97. The number of rotatable bonds is 0. The second-order valence-electron chi connectivity index (χ2n) is 3.31. The van der Waals surface area contributed by atoms with Gasteiger partial charge < -0.3 is 5.32 Å². The summed E-state index contributed by atoms with van der Waals surface area (Å²) in [5.41, 5.74) is 0. The molecule has 2 nitrogen and oxygen atoms in total. The number of nitrogens with zero attached hydrogens (tertiary/aromatic N) is 1. The maximum absolute atomic E-state index is 3.47. The summed E-state index contributed by atoms with van der Waals surface area (Å²) in [4.78, 5) is 2.55. The average Bonchev–Trinajstić information content (AvgIpc) is 2.22. The van der Waals surface area contributed by atoms with E-state index in [0.717, 1.165) is 12.1 Å². The van der Waals surface area contributed by atoms with Crippen LogP contribution >= 0.6 is 0 Å². The monoisotopic (exact) mass is 126 g/mol. The van der Waals surface area contributed by atoms with Crippen molar-refractivity contribution in [1.82, 2.24) is 10.2 Å². The molecule has 0 bridgehead atoms. The third kappa shape index (κ3) is 0.864. The number of hydrogen-bond acceptors (Lipinski definition) is 2. The predicted molar refractivity (Wildman–Crippen MR) is 37.1 cm³/mol. The highest BCUT2D eigenvalue weighted by atomic mass is 15.3. The highest BCUT2D eigenvalue weighted by Gasteiger charge is 2.32. The first-order valence-corrected chi connectivity index (χ1v) is 3.83. The molecule has 2 heteroatoms. The summed E-state index contributed by atoms with van der Waals surface area (Å²) in [5, 5.41) is 3.47. The van der Waals surface area contributed by atoms with Gasteiger partial charge in [-0.1, -0.05) is 6.92 Å². The maximum Gasteiger partial charge on any atom is 0.0601 e. The molecule has 0 aromatic rings. The fraction of sp³-hybridized carbons (Fsp3) is 1.00. The second kappa shape index (κ2) is 1.96. The predicted octanol–water partition coefficient (Wildman–Crippen LogP) is 0.257. The lowest BCUT2D eigenvalue weighted by molar-refractivity contribution is 0.309. The van der Waals surface area contributed by atoms with Crippen LogP contribution in [0.4, 0.5) is 0 Å². The summed E-state index contributed by atoms with van der Waals surface area (Å²) < 4.78 is 0. The lowest BCUT2D eigenvalue weighted by Gasteiger charge is -2.11. The number of nitrogens with one attached hydrogen (secondary N) is 1. The summed E-state index contributed by atoms with van der Waals surface area (Å²) >= 11 is 0. The molecule has 2 aliphatic heterocycles. The van der Waals surface area contributed by atoms with Crippen molar-refractivity contribution in [1.29, 1.82) is 0 Å². The molecular weight excluding hydrogens is 112 g/mol. The Hall–Kier alpha value is -0.0800. The molecule has 52 valence electrons. The molecular formula is C7H14N2. The van der Waals surface area contributed by atoms with E-state index in [4.69, 9.17) is 0 Å². The third-order valence-corrected chi connectivity index (χ3v) is 2.39. The minimum Gasteiger partial charge on any atom is -0.300 e. The Kier molecular flexibility index (Phi) is 1.24. The van der Waals surface area contributed by atoms with Gasteiger partial charge in [-0.25, -0.2) is 0 Å². The van der Waals surface area contributed by atoms with Crippen LogP contribution in [0.5, 0.6) is 0 Å². The van der Waals surface area contributed by atoms with Crippen molar-refractivity contribution in [2.24, 2.45) is 5.92 Å². The Morgan fingerprint density at radius 1 is 1.56 bits per heavy atom. The Bertz CT molecular complexity index is 101. The van der Waals surface area contributed by atoms with Crippen LogP contribution in [0.25, 0.3) is 0 Å². The van der Waals surface area contributed by atoms with E-state index < -0.39 is 0 Å². The maximum atomic E-state index is 3.47. The van der Waals surface area contributed by atoms with Gasteiger partial charge >= 0.3 is 0 Å². The van der Waals surface area contributed by atoms with Gasteiger partial charge in [-0.2, -0.15) is 0 Å². The zero-order chi connectivity index (χ0) is 6.27. The van der Waals surface area contributed by atoms with Crippen LogP contribution in [0.2, 0.25) is 0 Å². The van der Waals surface area contributed by atoms with Crippen molar-refractivity contribution in [2.75, 3.05) is 19.6 Å². The van der Waals surface area contributed by atoms with Gasteiger partial charge in [-0.05, 0) is 12.3 Å². The van der Waals surface area contributed by atoms with Crippen LogP contribution < -0.4 is 5.32 Å². The van der Waals surface area contributed by atoms with Crippen molar-refractivity contribution in [3.05, 3.63) is 0 Å².